The van der Waals surface area contributed by atoms with E-state index in [1.54, 1.807) is 0 Å². The lowest BCUT2D eigenvalue weighted by atomic mass is 9.75. The van der Waals surface area contributed by atoms with Crippen molar-refractivity contribution in [2.75, 3.05) is 11.9 Å². The third-order valence-electron chi connectivity index (χ3n) is 4.39. The summed E-state index contributed by atoms with van der Waals surface area (Å²) >= 11 is 1.52. The molecule has 0 aromatic carbocycles. The normalized spacial score (nSPS) is 19.2. The van der Waals surface area contributed by atoms with Crippen molar-refractivity contribution in [3.8, 4) is 0 Å². The molecular weight excluding hydrogens is 282 g/mol. The zero-order valence-electron chi connectivity index (χ0n) is 13.4. The zero-order valence-corrected chi connectivity index (χ0v) is 14.2. The molecule has 0 saturated heterocycles. The Morgan fingerprint density at radius 1 is 1.43 bits per heavy atom. The highest BCUT2D eigenvalue weighted by Crippen LogP contribution is 2.37. The number of nitrogens with one attached hydrogen (secondary N) is 2. The predicted molar refractivity (Wildman–Crippen MR) is 88.6 cm³/mol. The number of rotatable bonds is 6. The molecule has 1 heterocycles. The fourth-order valence-corrected chi connectivity index (χ4v) is 3.61. The molecular formula is C16H27N3OS. The molecule has 21 heavy (non-hydrogen) atoms. The van der Waals surface area contributed by atoms with Crippen molar-refractivity contribution in [2.45, 2.75) is 65.3 Å². The van der Waals surface area contributed by atoms with Gasteiger partial charge in [0.15, 0.2) is 5.13 Å². The van der Waals surface area contributed by atoms with Gasteiger partial charge >= 0.3 is 0 Å². The van der Waals surface area contributed by atoms with Gasteiger partial charge in [0.2, 0.25) is 5.91 Å². The maximum atomic E-state index is 12.5. The van der Waals surface area contributed by atoms with Gasteiger partial charge in [0.1, 0.15) is 0 Å². The molecule has 1 fully saturated rings. The number of amides is 1. The second-order valence-corrected chi connectivity index (χ2v) is 7.19. The van der Waals surface area contributed by atoms with Gasteiger partial charge in [-0.15, -0.1) is 11.3 Å². The Morgan fingerprint density at radius 2 is 2.14 bits per heavy atom. The lowest BCUT2D eigenvalue weighted by Gasteiger charge is -2.31. The van der Waals surface area contributed by atoms with Crippen LogP contribution in [-0.2, 0) is 4.79 Å². The van der Waals surface area contributed by atoms with E-state index in [1.165, 1.54) is 17.8 Å². The van der Waals surface area contributed by atoms with Crippen molar-refractivity contribution in [1.29, 1.82) is 0 Å². The summed E-state index contributed by atoms with van der Waals surface area (Å²) in [5.41, 5.74) is 0.799. The molecule has 1 unspecified atom stereocenters. The van der Waals surface area contributed by atoms with Crippen LogP contribution in [0.25, 0.3) is 0 Å². The molecule has 1 aliphatic rings. The van der Waals surface area contributed by atoms with Crippen LogP contribution in [0, 0.1) is 5.41 Å². The third kappa shape index (κ3) is 4.27. The maximum absolute atomic E-state index is 12.5. The maximum Gasteiger partial charge on any atom is 0.232 e. The van der Waals surface area contributed by atoms with Crippen LogP contribution in [0.5, 0.6) is 0 Å². The minimum absolute atomic E-state index is 0.136. The van der Waals surface area contributed by atoms with Crippen molar-refractivity contribution >= 4 is 22.4 Å². The highest BCUT2D eigenvalue weighted by molar-refractivity contribution is 7.13. The van der Waals surface area contributed by atoms with Crippen LogP contribution in [0.3, 0.4) is 0 Å². The monoisotopic (exact) mass is 309 g/mol. The molecule has 1 saturated carbocycles. The van der Waals surface area contributed by atoms with Crippen molar-refractivity contribution < 1.29 is 4.79 Å². The van der Waals surface area contributed by atoms with Crippen LogP contribution in [0.1, 0.15) is 71.0 Å². The molecule has 1 aromatic heterocycles. The third-order valence-corrected chi connectivity index (χ3v) is 5.17. The number of carbonyl (C=O) groups excluding carboxylic acids is 1. The van der Waals surface area contributed by atoms with E-state index < -0.39 is 0 Å². The number of aromatic nitrogens is 1. The number of hydrogen-bond donors (Lipinski definition) is 2. The highest BCUT2D eigenvalue weighted by atomic mass is 32.1. The molecule has 0 bridgehead atoms. The summed E-state index contributed by atoms with van der Waals surface area (Å²) in [6.07, 6.45) is 6.66. The number of nitrogens with zero attached hydrogens (tertiary/aromatic N) is 1. The van der Waals surface area contributed by atoms with E-state index in [2.05, 4.69) is 36.4 Å². The standard InChI is InChI=1S/C16H27N3OS/c1-4-10-17-12(2)13-11-21-15(18-13)19-14(20)16(3)8-6-5-7-9-16/h11-12,17H,4-10H2,1-3H3,(H,18,19,20). The molecule has 2 rings (SSSR count). The van der Waals surface area contributed by atoms with E-state index in [-0.39, 0.29) is 17.4 Å². The molecule has 4 nitrogen and oxygen atoms in total. The Labute approximate surface area is 131 Å². The van der Waals surface area contributed by atoms with Gasteiger partial charge in [-0.1, -0.05) is 33.1 Å². The van der Waals surface area contributed by atoms with Crippen LogP contribution in [-0.4, -0.2) is 17.4 Å². The van der Waals surface area contributed by atoms with Gasteiger partial charge in [0.25, 0.3) is 0 Å². The fraction of sp³-hybridized carbons (Fsp3) is 0.750. The van der Waals surface area contributed by atoms with Crippen molar-refractivity contribution in [2.24, 2.45) is 5.41 Å². The van der Waals surface area contributed by atoms with E-state index in [0.29, 0.717) is 0 Å². The molecule has 1 atom stereocenters. The second kappa shape index (κ2) is 7.36. The summed E-state index contributed by atoms with van der Waals surface area (Å²) < 4.78 is 0. The quantitative estimate of drug-likeness (QED) is 0.831. The first-order chi connectivity index (χ1) is 10.0. The average Bonchev–Trinajstić information content (AvgIpc) is 2.94. The van der Waals surface area contributed by atoms with Crippen molar-refractivity contribution in [1.82, 2.24) is 10.3 Å². The molecule has 0 radical (unpaired) electrons. The van der Waals surface area contributed by atoms with E-state index in [0.717, 1.165) is 49.5 Å². The lowest BCUT2D eigenvalue weighted by molar-refractivity contribution is -0.126. The number of carbonyl (C=O) groups is 1. The molecule has 0 aliphatic heterocycles. The Hall–Kier alpha value is -0.940. The molecule has 2 N–H and O–H groups in total. The van der Waals surface area contributed by atoms with Crippen molar-refractivity contribution in [3.63, 3.8) is 0 Å². The Morgan fingerprint density at radius 3 is 2.81 bits per heavy atom. The molecule has 118 valence electrons. The fourth-order valence-electron chi connectivity index (χ4n) is 2.82. The van der Waals surface area contributed by atoms with Gasteiger partial charge in [0.05, 0.1) is 5.69 Å². The van der Waals surface area contributed by atoms with Crippen LogP contribution in [0.2, 0.25) is 0 Å². The first kappa shape index (κ1) is 16.4. The lowest BCUT2D eigenvalue weighted by Crippen LogP contribution is -2.35. The Bertz CT molecular complexity index is 466. The van der Waals surface area contributed by atoms with Gasteiger partial charge in [-0.3, -0.25) is 4.79 Å². The first-order valence-corrected chi connectivity index (χ1v) is 8.93. The SMILES string of the molecule is CCCNC(C)c1csc(NC(=O)C2(C)CCCCC2)n1. The number of thiazole rings is 1. The summed E-state index contributed by atoms with van der Waals surface area (Å²) in [7, 11) is 0. The van der Waals surface area contributed by atoms with Gasteiger partial charge in [-0.25, -0.2) is 4.98 Å². The van der Waals surface area contributed by atoms with E-state index in [9.17, 15) is 4.79 Å². The molecule has 1 aromatic rings. The minimum Gasteiger partial charge on any atom is -0.309 e. The van der Waals surface area contributed by atoms with Crippen LogP contribution in [0.15, 0.2) is 5.38 Å². The summed E-state index contributed by atoms with van der Waals surface area (Å²) in [5, 5.41) is 9.20. The molecule has 5 heteroatoms. The highest BCUT2D eigenvalue weighted by Gasteiger charge is 2.34. The van der Waals surface area contributed by atoms with Crippen LogP contribution in [0.4, 0.5) is 5.13 Å². The minimum atomic E-state index is -0.212. The van der Waals surface area contributed by atoms with E-state index >= 15 is 0 Å². The molecule has 1 amide bonds. The van der Waals surface area contributed by atoms with Gasteiger partial charge in [0, 0.05) is 16.8 Å². The summed E-state index contributed by atoms with van der Waals surface area (Å²) in [6, 6.07) is 0.233. The van der Waals surface area contributed by atoms with Gasteiger partial charge in [-0.2, -0.15) is 0 Å². The first-order valence-electron chi connectivity index (χ1n) is 8.05. The van der Waals surface area contributed by atoms with Crippen LogP contribution < -0.4 is 10.6 Å². The summed E-state index contributed by atoms with van der Waals surface area (Å²) in [5.74, 6) is 0.136. The molecule has 0 spiro atoms. The summed E-state index contributed by atoms with van der Waals surface area (Å²) in [6.45, 7) is 7.33. The summed E-state index contributed by atoms with van der Waals surface area (Å²) in [4.78, 5) is 17.0. The Kier molecular flexibility index (Phi) is 5.76. The second-order valence-electron chi connectivity index (χ2n) is 6.33. The van der Waals surface area contributed by atoms with Gasteiger partial charge in [-0.05, 0) is 32.7 Å². The van der Waals surface area contributed by atoms with Gasteiger partial charge < -0.3 is 10.6 Å². The average molecular weight is 309 g/mol. The molecule has 1 aliphatic carbocycles. The van der Waals surface area contributed by atoms with E-state index in [1.807, 2.05) is 5.38 Å². The number of hydrogen-bond acceptors (Lipinski definition) is 4. The number of anilines is 1. The largest absolute Gasteiger partial charge is 0.309 e. The smallest absolute Gasteiger partial charge is 0.232 e. The van der Waals surface area contributed by atoms with Crippen LogP contribution >= 0.6 is 11.3 Å². The van der Waals surface area contributed by atoms with E-state index in [4.69, 9.17) is 0 Å². The Balaban J connectivity index is 1.94. The van der Waals surface area contributed by atoms with Crippen molar-refractivity contribution in [3.05, 3.63) is 11.1 Å². The predicted octanol–water partition coefficient (Wildman–Crippen LogP) is 4.11. The topological polar surface area (TPSA) is 54.0 Å². The zero-order chi connectivity index (χ0) is 15.3.